The van der Waals surface area contributed by atoms with Gasteiger partial charge in [0.05, 0.1) is 0 Å². The molecule has 1 amide bonds. The summed E-state index contributed by atoms with van der Waals surface area (Å²) in [5.41, 5.74) is 1.13. The van der Waals surface area contributed by atoms with Crippen molar-refractivity contribution in [1.29, 1.82) is 0 Å². The molecule has 18 heavy (non-hydrogen) atoms. The van der Waals surface area contributed by atoms with Crippen LogP contribution < -0.4 is 15.4 Å². The van der Waals surface area contributed by atoms with Gasteiger partial charge in [-0.25, -0.2) is 0 Å². The number of hydrogen-bond donors (Lipinski definition) is 2. The summed E-state index contributed by atoms with van der Waals surface area (Å²) in [6.07, 6.45) is 0. The van der Waals surface area contributed by atoms with E-state index in [-0.39, 0.29) is 24.9 Å². The predicted molar refractivity (Wildman–Crippen MR) is 73.3 cm³/mol. The van der Waals surface area contributed by atoms with Crippen molar-refractivity contribution in [2.45, 2.75) is 6.92 Å². The molecule has 0 aliphatic carbocycles. The summed E-state index contributed by atoms with van der Waals surface area (Å²) in [6, 6.07) is 7.69. The largest absolute Gasteiger partial charge is 0.484 e. The zero-order valence-electron chi connectivity index (χ0n) is 10.4. The van der Waals surface area contributed by atoms with Gasteiger partial charge in [-0.15, -0.1) is 12.4 Å². The van der Waals surface area contributed by atoms with Crippen molar-refractivity contribution >= 4 is 18.3 Å². The Hall–Kier alpha value is -1.26. The number of hydrogen-bond acceptors (Lipinski definition) is 3. The van der Waals surface area contributed by atoms with Gasteiger partial charge in [-0.3, -0.25) is 4.79 Å². The molecule has 1 aromatic carbocycles. The van der Waals surface area contributed by atoms with E-state index in [0.29, 0.717) is 5.92 Å². The van der Waals surface area contributed by atoms with Crippen molar-refractivity contribution in [3.05, 3.63) is 29.8 Å². The second-order valence-corrected chi connectivity index (χ2v) is 4.43. The average molecular weight is 271 g/mol. The Morgan fingerprint density at radius 1 is 1.50 bits per heavy atom. The number of rotatable bonds is 5. The molecule has 5 heteroatoms. The highest BCUT2D eigenvalue weighted by Crippen LogP contribution is 2.11. The normalized spacial score (nSPS) is 14.3. The molecule has 1 aliphatic rings. The monoisotopic (exact) mass is 270 g/mol. The lowest BCUT2D eigenvalue weighted by molar-refractivity contribution is -0.123. The first kappa shape index (κ1) is 14.8. The number of carbonyl (C=O) groups is 1. The van der Waals surface area contributed by atoms with Crippen LogP contribution in [0.25, 0.3) is 0 Å². The summed E-state index contributed by atoms with van der Waals surface area (Å²) in [6.45, 7) is 4.82. The van der Waals surface area contributed by atoms with E-state index in [9.17, 15) is 4.79 Å². The number of nitrogens with one attached hydrogen (secondary N) is 2. The minimum absolute atomic E-state index is 0. The number of carbonyl (C=O) groups excluding carboxylic acids is 1. The molecule has 1 heterocycles. The van der Waals surface area contributed by atoms with Gasteiger partial charge in [0.25, 0.3) is 5.91 Å². The fourth-order valence-electron chi connectivity index (χ4n) is 1.66. The van der Waals surface area contributed by atoms with Gasteiger partial charge in [-0.1, -0.05) is 12.1 Å². The van der Waals surface area contributed by atoms with Gasteiger partial charge in [-0.2, -0.15) is 0 Å². The van der Waals surface area contributed by atoms with Crippen molar-refractivity contribution in [3.8, 4) is 5.75 Å². The molecule has 0 aromatic heterocycles. The quantitative estimate of drug-likeness (QED) is 0.843. The molecule has 0 radical (unpaired) electrons. The second kappa shape index (κ2) is 7.24. The molecule has 1 aromatic rings. The highest BCUT2D eigenvalue weighted by molar-refractivity contribution is 5.85. The number of benzene rings is 1. The van der Waals surface area contributed by atoms with E-state index < -0.39 is 0 Å². The molecule has 1 saturated heterocycles. The van der Waals surface area contributed by atoms with Crippen LogP contribution >= 0.6 is 12.4 Å². The van der Waals surface area contributed by atoms with Crippen LogP contribution in [0.4, 0.5) is 0 Å². The SMILES string of the molecule is Cc1cccc(OCC(=O)NCC2CNC2)c1.Cl. The van der Waals surface area contributed by atoms with Crippen molar-refractivity contribution < 1.29 is 9.53 Å². The van der Waals surface area contributed by atoms with Crippen LogP contribution in [0.15, 0.2) is 24.3 Å². The molecular formula is C13H19ClN2O2. The molecule has 2 rings (SSSR count). The van der Waals surface area contributed by atoms with Gasteiger partial charge in [0.15, 0.2) is 6.61 Å². The minimum atomic E-state index is -0.0570. The topological polar surface area (TPSA) is 50.4 Å². The molecule has 1 fully saturated rings. The number of aryl methyl sites for hydroxylation is 1. The van der Waals surface area contributed by atoms with E-state index in [4.69, 9.17) is 4.74 Å². The van der Waals surface area contributed by atoms with Crippen LogP contribution in [-0.4, -0.2) is 32.1 Å². The second-order valence-electron chi connectivity index (χ2n) is 4.43. The van der Waals surface area contributed by atoms with E-state index in [0.717, 1.165) is 30.9 Å². The lowest BCUT2D eigenvalue weighted by Gasteiger charge is -2.27. The predicted octanol–water partition coefficient (Wildman–Crippen LogP) is 1.13. The highest BCUT2D eigenvalue weighted by atomic mass is 35.5. The summed E-state index contributed by atoms with van der Waals surface area (Å²) in [5, 5.41) is 6.03. The minimum Gasteiger partial charge on any atom is -0.484 e. The van der Waals surface area contributed by atoms with Crippen LogP contribution in [-0.2, 0) is 4.79 Å². The van der Waals surface area contributed by atoms with E-state index >= 15 is 0 Å². The van der Waals surface area contributed by atoms with Gasteiger partial charge in [-0.05, 0) is 24.6 Å². The molecule has 0 unspecified atom stereocenters. The van der Waals surface area contributed by atoms with E-state index in [1.165, 1.54) is 0 Å². The van der Waals surface area contributed by atoms with Crippen LogP contribution in [0.3, 0.4) is 0 Å². The summed E-state index contributed by atoms with van der Waals surface area (Å²) in [7, 11) is 0. The lowest BCUT2D eigenvalue weighted by atomic mass is 10.0. The zero-order chi connectivity index (χ0) is 12.1. The number of amides is 1. The Bertz CT molecular complexity index is 394. The molecule has 1 aliphatic heterocycles. The maximum Gasteiger partial charge on any atom is 0.257 e. The van der Waals surface area contributed by atoms with Crippen molar-refractivity contribution in [2.24, 2.45) is 5.92 Å². The molecule has 0 atom stereocenters. The van der Waals surface area contributed by atoms with Gasteiger partial charge in [0.1, 0.15) is 5.75 Å². The standard InChI is InChI=1S/C13H18N2O2.ClH/c1-10-3-2-4-12(5-10)17-9-13(16)15-8-11-6-14-7-11;/h2-5,11,14H,6-9H2,1H3,(H,15,16);1H. The van der Waals surface area contributed by atoms with E-state index in [2.05, 4.69) is 10.6 Å². The third-order valence-corrected chi connectivity index (χ3v) is 2.81. The van der Waals surface area contributed by atoms with Gasteiger partial charge in [0, 0.05) is 25.6 Å². The Kier molecular flexibility index (Phi) is 5.95. The Morgan fingerprint density at radius 3 is 2.89 bits per heavy atom. The average Bonchev–Trinajstić information content (AvgIpc) is 2.24. The smallest absolute Gasteiger partial charge is 0.257 e. The third kappa shape index (κ3) is 4.55. The summed E-state index contributed by atoms with van der Waals surface area (Å²) in [5.74, 6) is 1.27. The molecule has 0 saturated carbocycles. The summed E-state index contributed by atoms with van der Waals surface area (Å²) in [4.78, 5) is 11.5. The molecule has 0 spiro atoms. The Labute approximate surface area is 114 Å². The van der Waals surface area contributed by atoms with Crippen LogP contribution in [0.1, 0.15) is 5.56 Å². The summed E-state index contributed by atoms with van der Waals surface area (Å²) >= 11 is 0. The maximum absolute atomic E-state index is 11.5. The zero-order valence-corrected chi connectivity index (χ0v) is 11.3. The van der Waals surface area contributed by atoms with Gasteiger partial charge >= 0.3 is 0 Å². The number of ether oxygens (including phenoxy) is 1. The van der Waals surface area contributed by atoms with Crippen LogP contribution in [0.5, 0.6) is 5.75 Å². The fraction of sp³-hybridized carbons (Fsp3) is 0.462. The Balaban J connectivity index is 0.00000162. The van der Waals surface area contributed by atoms with Crippen LogP contribution in [0, 0.1) is 12.8 Å². The van der Waals surface area contributed by atoms with Crippen molar-refractivity contribution in [3.63, 3.8) is 0 Å². The Morgan fingerprint density at radius 2 is 2.28 bits per heavy atom. The van der Waals surface area contributed by atoms with Gasteiger partial charge < -0.3 is 15.4 Å². The molecular weight excluding hydrogens is 252 g/mol. The van der Waals surface area contributed by atoms with Gasteiger partial charge in [0.2, 0.25) is 0 Å². The number of halogens is 1. The molecule has 0 bridgehead atoms. The first-order valence-corrected chi connectivity index (χ1v) is 5.91. The first-order valence-electron chi connectivity index (χ1n) is 5.91. The van der Waals surface area contributed by atoms with E-state index in [1.807, 2.05) is 31.2 Å². The maximum atomic E-state index is 11.5. The van der Waals surface area contributed by atoms with E-state index in [1.54, 1.807) is 0 Å². The molecule has 2 N–H and O–H groups in total. The van der Waals surface area contributed by atoms with Crippen molar-refractivity contribution in [1.82, 2.24) is 10.6 Å². The molecule has 4 nitrogen and oxygen atoms in total. The van der Waals surface area contributed by atoms with Crippen LogP contribution in [0.2, 0.25) is 0 Å². The first-order chi connectivity index (χ1) is 8.24. The third-order valence-electron chi connectivity index (χ3n) is 2.81. The van der Waals surface area contributed by atoms with Crippen molar-refractivity contribution in [2.75, 3.05) is 26.2 Å². The lowest BCUT2D eigenvalue weighted by Crippen LogP contribution is -2.48. The molecule has 100 valence electrons. The fourth-order valence-corrected chi connectivity index (χ4v) is 1.66. The highest BCUT2D eigenvalue weighted by Gasteiger charge is 2.17. The summed E-state index contributed by atoms with van der Waals surface area (Å²) < 4.78 is 5.40.